The summed E-state index contributed by atoms with van der Waals surface area (Å²) in [4.78, 5) is 28.7. The van der Waals surface area contributed by atoms with Gasteiger partial charge in [0.05, 0.1) is 13.7 Å². The first kappa shape index (κ1) is 15.2. The standard InChI is InChI=1S/C14H17N3O3S/c1-9-10(2)21-14(19)17(9)8-13(18)16-7-11-12(20-3)5-4-6-15-11/h4-6H,7-8H2,1-3H3,(H,16,18). The number of methoxy groups -OCH3 is 1. The van der Waals surface area contributed by atoms with Crippen LogP contribution in [0.3, 0.4) is 0 Å². The fraction of sp³-hybridized carbons (Fsp3) is 0.357. The second-order valence-corrected chi connectivity index (χ2v) is 5.69. The van der Waals surface area contributed by atoms with Crippen molar-refractivity contribution in [1.82, 2.24) is 14.9 Å². The summed E-state index contributed by atoms with van der Waals surface area (Å²) in [5.74, 6) is 0.392. The van der Waals surface area contributed by atoms with Gasteiger partial charge >= 0.3 is 4.87 Å². The Balaban J connectivity index is 2.01. The van der Waals surface area contributed by atoms with Crippen LogP contribution in [-0.2, 0) is 17.9 Å². The van der Waals surface area contributed by atoms with Crippen molar-refractivity contribution in [3.63, 3.8) is 0 Å². The third-order valence-electron chi connectivity index (χ3n) is 3.20. The molecule has 6 nitrogen and oxygen atoms in total. The van der Waals surface area contributed by atoms with Crippen molar-refractivity contribution in [2.24, 2.45) is 0 Å². The lowest BCUT2D eigenvalue weighted by atomic mass is 10.3. The van der Waals surface area contributed by atoms with Gasteiger partial charge in [0.15, 0.2) is 0 Å². The number of thiazole rings is 1. The van der Waals surface area contributed by atoms with Crippen LogP contribution in [0.4, 0.5) is 0 Å². The molecule has 2 aromatic rings. The fourth-order valence-corrected chi connectivity index (χ4v) is 2.73. The third kappa shape index (κ3) is 3.49. The van der Waals surface area contributed by atoms with Crippen molar-refractivity contribution >= 4 is 17.2 Å². The molecule has 112 valence electrons. The molecule has 0 spiro atoms. The number of rotatable bonds is 5. The summed E-state index contributed by atoms with van der Waals surface area (Å²) in [5, 5.41) is 2.75. The number of hydrogen-bond donors (Lipinski definition) is 1. The Morgan fingerprint density at radius 3 is 2.86 bits per heavy atom. The number of amides is 1. The largest absolute Gasteiger partial charge is 0.495 e. The summed E-state index contributed by atoms with van der Waals surface area (Å²) in [6, 6.07) is 3.55. The van der Waals surface area contributed by atoms with E-state index in [1.807, 2.05) is 13.8 Å². The van der Waals surface area contributed by atoms with E-state index in [2.05, 4.69) is 10.3 Å². The zero-order chi connectivity index (χ0) is 15.4. The number of carbonyl (C=O) groups excluding carboxylic acids is 1. The van der Waals surface area contributed by atoms with E-state index >= 15 is 0 Å². The van der Waals surface area contributed by atoms with Gasteiger partial charge < -0.3 is 10.1 Å². The second-order valence-electron chi connectivity index (χ2n) is 4.52. The van der Waals surface area contributed by atoms with Gasteiger partial charge in [-0.3, -0.25) is 19.1 Å². The van der Waals surface area contributed by atoms with E-state index in [4.69, 9.17) is 4.74 Å². The highest BCUT2D eigenvalue weighted by Crippen LogP contribution is 2.14. The van der Waals surface area contributed by atoms with Crippen molar-refractivity contribution in [2.75, 3.05) is 7.11 Å². The minimum absolute atomic E-state index is 0.0180. The van der Waals surface area contributed by atoms with E-state index in [0.29, 0.717) is 11.4 Å². The summed E-state index contributed by atoms with van der Waals surface area (Å²) in [5.41, 5.74) is 1.48. The van der Waals surface area contributed by atoms with Gasteiger partial charge in [-0.25, -0.2) is 0 Å². The molecule has 0 aromatic carbocycles. The Kier molecular flexibility index (Phi) is 4.74. The Morgan fingerprint density at radius 1 is 1.48 bits per heavy atom. The van der Waals surface area contributed by atoms with Crippen molar-refractivity contribution in [2.45, 2.75) is 26.9 Å². The van der Waals surface area contributed by atoms with E-state index in [0.717, 1.165) is 21.9 Å². The summed E-state index contributed by atoms with van der Waals surface area (Å²) < 4.78 is 6.65. The second kappa shape index (κ2) is 6.53. The SMILES string of the molecule is COc1cccnc1CNC(=O)Cn1c(C)c(C)sc1=O. The summed E-state index contributed by atoms with van der Waals surface area (Å²) in [7, 11) is 1.55. The van der Waals surface area contributed by atoms with Gasteiger partial charge in [0, 0.05) is 16.8 Å². The molecule has 0 aliphatic rings. The fourth-order valence-electron chi connectivity index (χ4n) is 1.89. The van der Waals surface area contributed by atoms with Crippen molar-refractivity contribution in [3.05, 3.63) is 44.3 Å². The molecular formula is C14H17N3O3S. The number of aryl methyl sites for hydroxylation is 1. The van der Waals surface area contributed by atoms with E-state index < -0.39 is 0 Å². The Labute approximate surface area is 126 Å². The molecule has 0 fully saturated rings. The maximum Gasteiger partial charge on any atom is 0.308 e. The van der Waals surface area contributed by atoms with Gasteiger partial charge in [-0.1, -0.05) is 11.3 Å². The van der Waals surface area contributed by atoms with Gasteiger partial charge in [0.25, 0.3) is 0 Å². The van der Waals surface area contributed by atoms with Crippen LogP contribution in [0, 0.1) is 13.8 Å². The monoisotopic (exact) mass is 307 g/mol. The molecule has 1 amide bonds. The molecule has 0 unspecified atom stereocenters. The van der Waals surface area contributed by atoms with E-state index in [-0.39, 0.29) is 23.9 Å². The van der Waals surface area contributed by atoms with Crippen LogP contribution < -0.4 is 14.9 Å². The van der Waals surface area contributed by atoms with Crippen molar-refractivity contribution in [1.29, 1.82) is 0 Å². The lowest BCUT2D eigenvalue weighted by Gasteiger charge is -2.09. The molecule has 0 aliphatic heterocycles. The normalized spacial score (nSPS) is 10.4. The predicted molar refractivity (Wildman–Crippen MR) is 80.7 cm³/mol. The van der Waals surface area contributed by atoms with Gasteiger partial charge in [0.1, 0.15) is 18.0 Å². The molecular weight excluding hydrogens is 290 g/mol. The quantitative estimate of drug-likeness (QED) is 0.902. The number of hydrogen-bond acceptors (Lipinski definition) is 5. The highest BCUT2D eigenvalue weighted by atomic mass is 32.1. The lowest BCUT2D eigenvalue weighted by Crippen LogP contribution is -2.31. The van der Waals surface area contributed by atoms with Crippen LogP contribution in [0.2, 0.25) is 0 Å². The predicted octanol–water partition coefficient (Wildman–Crippen LogP) is 1.25. The molecule has 2 rings (SSSR count). The van der Waals surface area contributed by atoms with Crippen LogP contribution in [0.15, 0.2) is 23.1 Å². The minimum atomic E-state index is -0.231. The number of nitrogens with zero attached hydrogens (tertiary/aromatic N) is 2. The van der Waals surface area contributed by atoms with Crippen LogP contribution in [0.5, 0.6) is 5.75 Å². The van der Waals surface area contributed by atoms with Gasteiger partial charge in [-0.2, -0.15) is 0 Å². The maximum absolute atomic E-state index is 12.0. The molecule has 2 aromatic heterocycles. The molecule has 0 saturated heterocycles. The highest BCUT2D eigenvalue weighted by Gasteiger charge is 2.12. The molecule has 0 radical (unpaired) electrons. The van der Waals surface area contributed by atoms with Crippen LogP contribution >= 0.6 is 11.3 Å². The molecule has 2 heterocycles. The van der Waals surface area contributed by atoms with Crippen molar-refractivity contribution < 1.29 is 9.53 Å². The van der Waals surface area contributed by atoms with Crippen LogP contribution in [0.1, 0.15) is 16.3 Å². The summed E-state index contributed by atoms with van der Waals surface area (Å²) >= 11 is 1.15. The Morgan fingerprint density at radius 2 is 2.24 bits per heavy atom. The first-order valence-corrected chi connectivity index (χ1v) is 7.26. The van der Waals surface area contributed by atoms with Gasteiger partial charge in [0.2, 0.25) is 5.91 Å². The Hall–Kier alpha value is -2.15. The topological polar surface area (TPSA) is 73.2 Å². The van der Waals surface area contributed by atoms with Gasteiger partial charge in [-0.15, -0.1) is 0 Å². The summed E-state index contributed by atoms with van der Waals surface area (Å²) in [6.45, 7) is 3.99. The average molecular weight is 307 g/mol. The number of aromatic nitrogens is 2. The average Bonchev–Trinajstić information content (AvgIpc) is 2.72. The number of ether oxygens (including phenoxy) is 1. The third-order valence-corrected chi connectivity index (χ3v) is 4.19. The first-order chi connectivity index (χ1) is 10.0. The number of nitrogens with one attached hydrogen (secondary N) is 1. The molecule has 0 aliphatic carbocycles. The zero-order valence-corrected chi connectivity index (χ0v) is 13.0. The maximum atomic E-state index is 12.0. The first-order valence-electron chi connectivity index (χ1n) is 6.44. The molecule has 0 atom stereocenters. The summed E-state index contributed by atoms with van der Waals surface area (Å²) in [6.07, 6.45) is 1.64. The molecule has 21 heavy (non-hydrogen) atoms. The van der Waals surface area contributed by atoms with E-state index in [1.54, 1.807) is 25.4 Å². The number of pyridine rings is 1. The van der Waals surface area contributed by atoms with Crippen LogP contribution in [-0.4, -0.2) is 22.6 Å². The molecule has 1 N–H and O–H groups in total. The smallest absolute Gasteiger partial charge is 0.308 e. The zero-order valence-electron chi connectivity index (χ0n) is 12.2. The Bertz CT molecular complexity index is 706. The molecule has 0 saturated carbocycles. The lowest BCUT2D eigenvalue weighted by molar-refractivity contribution is -0.121. The van der Waals surface area contributed by atoms with Crippen molar-refractivity contribution in [3.8, 4) is 5.75 Å². The number of carbonyl (C=O) groups is 1. The van der Waals surface area contributed by atoms with E-state index in [9.17, 15) is 9.59 Å². The highest BCUT2D eigenvalue weighted by molar-refractivity contribution is 7.09. The molecule has 0 bridgehead atoms. The minimum Gasteiger partial charge on any atom is -0.495 e. The van der Waals surface area contributed by atoms with Gasteiger partial charge in [-0.05, 0) is 26.0 Å². The van der Waals surface area contributed by atoms with E-state index in [1.165, 1.54) is 4.57 Å². The van der Waals surface area contributed by atoms with Crippen LogP contribution in [0.25, 0.3) is 0 Å². The molecule has 7 heteroatoms.